The number of carbonyl (C=O) groups is 2. The predicted octanol–water partition coefficient (Wildman–Crippen LogP) is 5.84. The molecule has 0 saturated carbocycles. The summed E-state index contributed by atoms with van der Waals surface area (Å²) >= 11 is 0. The highest BCUT2D eigenvalue weighted by Crippen LogP contribution is 2.30. The van der Waals surface area contributed by atoms with Gasteiger partial charge in [-0.2, -0.15) is 26.3 Å². The van der Waals surface area contributed by atoms with Crippen molar-refractivity contribution in [1.82, 2.24) is 20.6 Å². The van der Waals surface area contributed by atoms with Crippen molar-refractivity contribution >= 4 is 55.4 Å². The number of sulfonamides is 2. The maximum absolute atomic E-state index is 14.4. The van der Waals surface area contributed by atoms with Gasteiger partial charge in [-0.15, -0.1) is 12.8 Å². The Labute approximate surface area is 397 Å². The van der Waals surface area contributed by atoms with Gasteiger partial charge in [0.15, 0.2) is 0 Å². The number of nitrogens with zero attached hydrogens (tertiary/aromatic N) is 2. The van der Waals surface area contributed by atoms with Crippen LogP contribution in [0.4, 0.5) is 46.5 Å². The fourth-order valence-corrected chi connectivity index (χ4v) is 6.43. The van der Waals surface area contributed by atoms with Gasteiger partial charge in [-0.1, -0.05) is 23.7 Å². The number of anilines is 2. The number of aromatic nitrogens is 2. The number of terminal acetylenes is 2. The molecule has 70 heavy (non-hydrogen) atoms. The zero-order chi connectivity index (χ0) is 52.5. The van der Waals surface area contributed by atoms with Gasteiger partial charge >= 0.3 is 12.4 Å². The molecule has 24 heteroatoms. The number of methoxy groups -OCH3 is 2. The monoisotopic (exact) mass is 1020 g/mol. The van der Waals surface area contributed by atoms with Crippen LogP contribution in [0, 0.1) is 60.0 Å². The summed E-state index contributed by atoms with van der Waals surface area (Å²) in [6.07, 6.45) is 7.54. The zero-order valence-electron chi connectivity index (χ0n) is 36.9. The smallest absolute Gasteiger partial charge is 0.372 e. The molecule has 0 atom stereocenters. The van der Waals surface area contributed by atoms with E-state index in [-0.39, 0.29) is 82.4 Å². The summed E-state index contributed by atoms with van der Waals surface area (Å²) in [6.45, 7) is -0.397. The third-order valence-corrected chi connectivity index (χ3v) is 9.38. The lowest BCUT2D eigenvalue weighted by molar-refractivity contribution is -0.142. The average Bonchev–Trinajstić information content (AvgIpc) is 3.27. The number of amides is 2. The van der Waals surface area contributed by atoms with E-state index >= 15 is 0 Å². The Balaban J connectivity index is 0.000000370. The highest BCUT2D eigenvalue weighted by Gasteiger charge is 2.33. The van der Waals surface area contributed by atoms with E-state index in [1.165, 1.54) is 38.5 Å². The molecule has 0 aliphatic rings. The van der Waals surface area contributed by atoms with Crippen LogP contribution in [-0.2, 0) is 64.6 Å². The van der Waals surface area contributed by atoms with E-state index in [0.29, 0.717) is 0 Å². The Bertz CT molecular complexity index is 2910. The van der Waals surface area contributed by atoms with Gasteiger partial charge in [0.05, 0.1) is 35.0 Å². The highest BCUT2D eigenvalue weighted by atomic mass is 32.2. The molecule has 2 aromatic heterocycles. The third kappa shape index (κ3) is 18.7. The van der Waals surface area contributed by atoms with Gasteiger partial charge < -0.3 is 20.1 Å². The van der Waals surface area contributed by atoms with Crippen LogP contribution in [-0.4, -0.2) is 78.6 Å². The Morgan fingerprint density at radius 3 is 1.30 bits per heavy atom. The molecule has 0 aliphatic carbocycles. The lowest BCUT2D eigenvalue weighted by Crippen LogP contribution is -2.21. The van der Waals surface area contributed by atoms with E-state index in [9.17, 15) is 61.5 Å². The first-order chi connectivity index (χ1) is 32.7. The van der Waals surface area contributed by atoms with Crippen molar-refractivity contribution in [3.63, 3.8) is 0 Å². The van der Waals surface area contributed by atoms with E-state index in [2.05, 4.69) is 56.1 Å². The minimum Gasteiger partial charge on any atom is -0.372 e. The van der Waals surface area contributed by atoms with Gasteiger partial charge in [-0.3, -0.25) is 19.0 Å². The lowest BCUT2D eigenvalue weighted by Gasteiger charge is -2.11. The Kier molecular flexibility index (Phi) is 20.2. The fraction of sp³-hybridized carbons (Fsp3) is 0.217. The molecule has 0 aliphatic heterocycles. The van der Waals surface area contributed by atoms with E-state index in [4.69, 9.17) is 22.3 Å². The highest BCUT2D eigenvalue weighted by molar-refractivity contribution is 7.92. The predicted molar refractivity (Wildman–Crippen MR) is 243 cm³/mol. The molecule has 14 nitrogen and oxygen atoms in total. The van der Waals surface area contributed by atoms with Crippen molar-refractivity contribution in [2.75, 3.05) is 49.4 Å². The SMILES string of the molecule is C#Cc1cc(CNC(=O)/C=C\c2ccc(C(F)(F)F)nc2C#CCOC)cc(F)c1NS(C)(=O)=O.C#Cc1cc(CNC(=O)/C=C\c2ccc(C(F)(F)F)nc2C#CCOC)cc(F)c1NS(C)(=O)=O. The quantitative estimate of drug-likeness (QED) is 0.0678. The van der Waals surface area contributed by atoms with Gasteiger partial charge in [0, 0.05) is 50.6 Å². The van der Waals surface area contributed by atoms with E-state index in [0.717, 1.165) is 61.1 Å². The molecule has 0 bridgehead atoms. The number of pyridine rings is 2. The Morgan fingerprint density at radius 1 is 0.643 bits per heavy atom. The van der Waals surface area contributed by atoms with Gasteiger partial charge in [0.2, 0.25) is 31.9 Å². The molecule has 0 unspecified atom stereocenters. The average molecular weight is 1020 g/mol. The molecule has 4 N–H and O–H groups in total. The van der Waals surface area contributed by atoms with E-state index in [1.54, 1.807) is 0 Å². The maximum Gasteiger partial charge on any atom is 0.433 e. The molecule has 0 spiro atoms. The van der Waals surface area contributed by atoms with Crippen molar-refractivity contribution < 1.29 is 71.0 Å². The summed E-state index contributed by atoms with van der Waals surface area (Å²) in [6, 6.07) is 8.42. The summed E-state index contributed by atoms with van der Waals surface area (Å²) in [5.74, 6) is 11.1. The van der Waals surface area contributed by atoms with Crippen LogP contribution < -0.4 is 20.1 Å². The summed E-state index contributed by atoms with van der Waals surface area (Å²) < 4.78 is 166. The number of rotatable bonds is 14. The number of benzene rings is 2. The zero-order valence-corrected chi connectivity index (χ0v) is 38.5. The Morgan fingerprint density at radius 2 is 1.00 bits per heavy atom. The number of nitrogens with one attached hydrogen (secondary N) is 4. The number of carbonyl (C=O) groups excluding carboxylic acids is 2. The molecular formula is C46H38F8N6O8S2. The molecule has 2 amide bonds. The van der Waals surface area contributed by atoms with Crippen molar-refractivity contribution in [3.8, 4) is 48.4 Å². The number of ether oxygens (including phenoxy) is 2. The van der Waals surface area contributed by atoms with E-state index < -0.39 is 67.2 Å². The van der Waals surface area contributed by atoms with Crippen molar-refractivity contribution in [2.45, 2.75) is 25.4 Å². The Hall–Kier alpha value is -7.74. The first kappa shape index (κ1) is 56.6. The molecule has 2 heterocycles. The molecule has 2 aromatic carbocycles. The summed E-state index contributed by atoms with van der Waals surface area (Å²) in [4.78, 5) is 31.4. The van der Waals surface area contributed by atoms with Crippen LogP contribution >= 0.6 is 0 Å². The van der Waals surface area contributed by atoms with Gasteiger partial charge in [-0.25, -0.2) is 35.6 Å². The molecule has 368 valence electrons. The second-order valence-electron chi connectivity index (χ2n) is 13.9. The minimum atomic E-state index is -4.67. The molecule has 0 radical (unpaired) electrons. The largest absolute Gasteiger partial charge is 0.433 e. The molecule has 0 saturated heterocycles. The second-order valence-corrected chi connectivity index (χ2v) is 17.4. The number of halogens is 8. The number of hydrogen-bond donors (Lipinski definition) is 4. The first-order valence-corrected chi connectivity index (χ1v) is 23.0. The summed E-state index contributed by atoms with van der Waals surface area (Å²) in [7, 11) is -4.81. The van der Waals surface area contributed by atoms with E-state index in [1.807, 2.05) is 9.44 Å². The van der Waals surface area contributed by atoms with Crippen molar-refractivity contribution in [3.05, 3.63) is 128 Å². The van der Waals surface area contributed by atoms with Crippen LogP contribution in [0.3, 0.4) is 0 Å². The standard InChI is InChI=1S/2C23H19F4N3O4S/c2*1-4-16-12-15(13-18(24)22(16)30-35(3,32)33)14-28-21(31)10-8-17-7-9-20(23(25,26)27)29-19(17)6-5-11-34-2/h2*1,7-10,12-13,30H,11,14H2,2-3H3,(H,28,31)/b2*10-8-. The van der Waals surface area contributed by atoms with Crippen LogP contribution in [0.15, 0.2) is 60.7 Å². The molecule has 4 aromatic rings. The van der Waals surface area contributed by atoms with Crippen LogP contribution in [0.25, 0.3) is 12.2 Å². The molecule has 0 fully saturated rings. The topological polar surface area (TPSA) is 195 Å². The van der Waals surface area contributed by atoms with Crippen LogP contribution in [0.5, 0.6) is 0 Å². The van der Waals surface area contributed by atoms with Gasteiger partial charge in [0.1, 0.15) is 47.6 Å². The first-order valence-electron chi connectivity index (χ1n) is 19.3. The maximum atomic E-state index is 14.4. The number of hydrogen-bond acceptors (Lipinski definition) is 10. The summed E-state index contributed by atoms with van der Waals surface area (Å²) in [5.41, 5.74) is -2.76. The van der Waals surface area contributed by atoms with Crippen LogP contribution in [0.2, 0.25) is 0 Å². The van der Waals surface area contributed by atoms with Crippen LogP contribution in [0.1, 0.15) is 56.2 Å². The van der Waals surface area contributed by atoms with Gasteiger partial charge in [0.25, 0.3) is 0 Å². The third-order valence-electron chi connectivity index (χ3n) is 8.23. The number of alkyl halides is 6. The van der Waals surface area contributed by atoms with Gasteiger partial charge in [-0.05, 0) is 83.7 Å². The van der Waals surface area contributed by atoms with Crippen molar-refractivity contribution in [2.24, 2.45) is 0 Å². The molecular weight excluding hydrogens is 981 g/mol. The normalized spacial score (nSPS) is 11.5. The fourth-order valence-electron chi connectivity index (χ4n) is 5.27. The minimum absolute atomic E-state index is 0.0315. The lowest BCUT2D eigenvalue weighted by atomic mass is 10.1. The molecule has 4 rings (SSSR count). The second kappa shape index (κ2) is 25.0. The van der Waals surface area contributed by atoms with Crippen molar-refractivity contribution in [1.29, 1.82) is 0 Å². The summed E-state index contributed by atoms with van der Waals surface area (Å²) in [5, 5.41) is 4.93.